The lowest BCUT2D eigenvalue weighted by atomic mass is 10.1. The summed E-state index contributed by atoms with van der Waals surface area (Å²) in [6, 6.07) is 9.24. The van der Waals surface area contributed by atoms with E-state index in [-0.39, 0.29) is 29.3 Å². The fourth-order valence-corrected chi connectivity index (χ4v) is 3.44. The summed E-state index contributed by atoms with van der Waals surface area (Å²) >= 11 is 0. The molecule has 0 radical (unpaired) electrons. The molecule has 0 aliphatic heterocycles. The van der Waals surface area contributed by atoms with Crippen molar-refractivity contribution in [1.29, 1.82) is 0 Å². The van der Waals surface area contributed by atoms with E-state index in [4.69, 9.17) is 4.55 Å². The summed E-state index contributed by atoms with van der Waals surface area (Å²) < 4.78 is 62.4. The molecule has 0 bridgehead atoms. The van der Waals surface area contributed by atoms with E-state index in [1.165, 1.54) is 18.2 Å². The number of anilines is 4. The van der Waals surface area contributed by atoms with Gasteiger partial charge in [-0.25, -0.2) is 0 Å². The molecule has 160 valence electrons. The zero-order chi connectivity index (χ0) is 21.9. The van der Waals surface area contributed by atoms with Gasteiger partial charge in [0.2, 0.25) is 17.8 Å². The van der Waals surface area contributed by atoms with Gasteiger partial charge in [-0.2, -0.15) is 31.8 Å². The van der Waals surface area contributed by atoms with Crippen molar-refractivity contribution in [3.8, 4) is 0 Å². The van der Waals surface area contributed by atoms with E-state index in [9.17, 15) is 21.4 Å². The molecule has 0 spiro atoms. The number of hydrogen-bond acceptors (Lipinski definition) is 10. The molecule has 0 aliphatic carbocycles. The van der Waals surface area contributed by atoms with Crippen molar-refractivity contribution in [2.45, 2.75) is 4.90 Å². The molecule has 1 aromatic heterocycles. The predicted molar refractivity (Wildman–Crippen MR) is 111 cm³/mol. The molecule has 0 saturated carbocycles. The van der Waals surface area contributed by atoms with Crippen LogP contribution in [0, 0.1) is 0 Å². The highest BCUT2D eigenvalue weighted by Crippen LogP contribution is 2.28. The predicted octanol–water partition coefficient (Wildman–Crippen LogP) is 1.36. The molecular formula is C16H18N6O6S2. The molecule has 1 heterocycles. The first-order valence-corrected chi connectivity index (χ1v) is 11.5. The van der Waals surface area contributed by atoms with Gasteiger partial charge in [0.25, 0.3) is 20.2 Å². The molecule has 0 saturated heterocycles. The SMILES string of the molecule is CNc1nc(NCCS(=O)(=O)O)nc(Nc2cccc3cc(S(=O)(=O)O)ccc23)n1. The van der Waals surface area contributed by atoms with Crippen LogP contribution < -0.4 is 16.0 Å². The molecule has 0 amide bonds. The van der Waals surface area contributed by atoms with E-state index in [0.717, 1.165) is 0 Å². The minimum atomic E-state index is -4.33. The van der Waals surface area contributed by atoms with Crippen LogP contribution in [-0.2, 0) is 20.2 Å². The Bertz CT molecular complexity index is 1300. The summed E-state index contributed by atoms with van der Waals surface area (Å²) in [7, 11) is -6.87. The van der Waals surface area contributed by atoms with Gasteiger partial charge in [0.1, 0.15) is 0 Å². The van der Waals surface area contributed by atoms with Crippen LogP contribution in [0.4, 0.5) is 23.5 Å². The molecule has 5 N–H and O–H groups in total. The van der Waals surface area contributed by atoms with Crippen LogP contribution >= 0.6 is 0 Å². The largest absolute Gasteiger partial charge is 0.357 e. The van der Waals surface area contributed by atoms with Crippen LogP contribution in [0.2, 0.25) is 0 Å². The summed E-state index contributed by atoms with van der Waals surface area (Å²) in [6.45, 7) is -0.113. The van der Waals surface area contributed by atoms with Crippen molar-refractivity contribution in [3.63, 3.8) is 0 Å². The molecule has 14 heteroatoms. The first-order valence-electron chi connectivity index (χ1n) is 8.45. The Balaban J connectivity index is 1.91. The molecule has 30 heavy (non-hydrogen) atoms. The van der Waals surface area contributed by atoms with Gasteiger partial charge in [0, 0.05) is 24.7 Å². The Morgan fingerprint density at radius 1 is 0.933 bits per heavy atom. The minimum Gasteiger partial charge on any atom is -0.357 e. The standard InChI is InChI=1S/C16H18N6O6S2/c1-17-14-20-15(18-7-8-29(23,24)25)22-16(21-14)19-13-4-2-3-10-9-11(30(26,27)28)5-6-12(10)13/h2-6,9H,7-8H2,1H3,(H,23,24,25)(H,26,27,28)(H3,17,18,19,20,21,22). The first kappa shape index (κ1) is 21.6. The Kier molecular flexibility index (Phi) is 6.02. The van der Waals surface area contributed by atoms with Gasteiger partial charge in [-0.15, -0.1) is 0 Å². The van der Waals surface area contributed by atoms with E-state index in [1.54, 1.807) is 25.2 Å². The normalized spacial score (nSPS) is 12.0. The van der Waals surface area contributed by atoms with Crippen molar-refractivity contribution < 1.29 is 25.9 Å². The number of fused-ring (bicyclic) bond motifs is 1. The Morgan fingerprint density at radius 2 is 1.63 bits per heavy atom. The monoisotopic (exact) mass is 454 g/mol. The lowest BCUT2D eigenvalue weighted by Gasteiger charge is -2.12. The van der Waals surface area contributed by atoms with Gasteiger partial charge in [-0.1, -0.05) is 18.2 Å². The molecule has 0 atom stereocenters. The van der Waals surface area contributed by atoms with Crippen LogP contribution in [0.5, 0.6) is 0 Å². The third-order valence-electron chi connectivity index (χ3n) is 3.90. The second kappa shape index (κ2) is 8.35. The van der Waals surface area contributed by atoms with E-state index in [0.29, 0.717) is 16.5 Å². The second-order valence-electron chi connectivity index (χ2n) is 6.06. The van der Waals surface area contributed by atoms with Crippen LogP contribution in [-0.4, -0.2) is 60.2 Å². The molecule has 2 aromatic carbocycles. The summed E-state index contributed by atoms with van der Waals surface area (Å²) in [5.41, 5.74) is 0.562. The zero-order valence-electron chi connectivity index (χ0n) is 15.6. The third-order valence-corrected chi connectivity index (χ3v) is 5.47. The fraction of sp³-hybridized carbons (Fsp3) is 0.188. The van der Waals surface area contributed by atoms with Crippen molar-refractivity contribution >= 4 is 54.5 Å². The lowest BCUT2D eigenvalue weighted by Crippen LogP contribution is -2.17. The number of aromatic nitrogens is 3. The van der Waals surface area contributed by atoms with Gasteiger partial charge in [-0.3, -0.25) is 9.11 Å². The highest BCUT2D eigenvalue weighted by atomic mass is 32.2. The van der Waals surface area contributed by atoms with Gasteiger partial charge in [0.05, 0.1) is 10.6 Å². The van der Waals surface area contributed by atoms with Crippen molar-refractivity contribution in [1.82, 2.24) is 15.0 Å². The third kappa shape index (κ3) is 5.50. The Morgan fingerprint density at radius 3 is 2.30 bits per heavy atom. The van der Waals surface area contributed by atoms with Crippen molar-refractivity contribution in [3.05, 3.63) is 36.4 Å². The minimum absolute atomic E-state index is 0.0781. The van der Waals surface area contributed by atoms with Crippen molar-refractivity contribution in [2.24, 2.45) is 0 Å². The zero-order valence-corrected chi connectivity index (χ0v) is 17.2. The molecule has 0 fully saturated rings. The second-order valence-corrected chi connectivity index (χ2v) is 9.05. The number of benzene rings is 2. The quantitative estimate of drug-likeness (QED) is 0.308. The van der Waals surface area contributed by atoms with Crippen molar-refractivity contribution in [2.75, 3.05) is 35.3 Å². The molecule has 12 nitrogen and oxygen atoms in total. The van der Waals surface area contributed by atoms with E-state index < -0.39 is 26.0 Å². The highest BCUT2D eigenvalue weighted by Gasteiger charge is 2.13. The van der Waals surface area contributed by atoms with Crippen LogP contribution in [0.15, 0.2) is 41.3 Å². The number of nitrogens with one attached hydrogen (secondary N) is 3. The maximum atomic E-state index is 11.4. The lowest BCUT2D eigenvalue weighted by molar-refractivity contribution is 0.481. The fourth-order valence-electron chi connectivity index (χ4n) is 2.57. The first-order chi connectivity index (χ1) is 14.0. The topological polar surface area (TPSA) is 184 Å². The van der Waals surface area contributed by atoms with Gasteiger partial charge >= 0.3 is 0 Å². The highest BCUT2D eigenvalue weighted by molar-refractivity contribution is 7.86. The molecule has 3 aromatic rings. The van der Waals surface area contributed by atoms with Gasteiger partial charge in [-0.05, 0) is 23.6 Å². The van der Waals surface area contributed by atoms with Gasteiger partial charge in [0.15, 0.2) is 0 Å². The van der Waals surface area contributed by atoms with Crippen LogP contribution in [0.1, 0.15) is 0 Å². The number of nitrogens with zero attached hydrogens (tertiary/aromatic N) is 3. The summed E-state index contributed by atoms with van der Waals surface area (Å²) in [5, 5.41) is 9.66. The van der Waals surface area contributed by atoms with Gasteiger partial charge < -0.3 is 16.0 Å². The van der Waals surface area contributed by atoms with Crippen LogP contribution in [0.25, 0.3) is 10.8 Å². The van der Waals surface area contributed by atoms with E-state index in [1.807, 2.05) is 0 Å². The number of rotatable bonds is 8. The maximum absolute atomic E-state index is 11.4. The average molecular weight is 454 g/mol. The molecule has 0 aliphatic rings. The summed E-state index contributed by atoms with van der Waals surface area (Å²) in [5.74, 6) is -0.101. The molecule has 3 rings (SSSR count). The van der Waals surface area contributed by atoms with Crippen LogP contribution in [0.3, 0.4) is 0 Å². The average Bonchev–Trinajstić information content (AvgIpc) is 2.66. The summed E-state index contributed by atoms with van der Waals surface area (Å²) in [6.07, 6.45) is 0. The van der Waals surface area contributed by atoms with E-state index in [2.05, 4.69) is 30.9 Å². The summed E-state index contributed by atoms with van der Waals surface area (Å²) in [4.78, 5) is 12.2. The molecular weight excluding hydrogens is 436 g/mol. The Hall–Kier alpha value is -3.07. The smallest absolute Gasteiger partial charge is 0.294 e. The Labute approximate surface area is 172 Å². The maximum Gasteiger partial charge on any atom is 0.294 e. The number of hydrogen-bond donors (Lipinski definition) is 5. The van der Waals surface area contributed by atoms with E-state index >= 15 is 0 Å². The molecule has 0 unspecified atom stereocenters.